The van der Waals surface area contributed by atoms with Gasteiger partial charge >= 0.3 is 0 Å². The quantitative estimate of drug-likeness (QED) is 0.897. The summed E-state index contributed by atoms with van der Waals surface area (Å²) in [7, 11) is -3.72. The molecule has 1 unspecified atom stereocenters. The van der Waals surface area contributed by atoms with Crippen LogP contribution in [0.15, 0.2) is 29.2 Å². The van der Waals surface area contributed by atoms with Gasteiger partial charge in [0.15, 0.2) is 0 Å². The lowest BCUT2D eigenvalue weighted by Crippen LogP contribution is -2.33. The lowest BCUT2D eigenvalue weighted by Gasteiger charge is -2.10. The molecule has 1 N–H and O–H groups in total. The largest absolute Gasteiger partial charge is 0.243 e. The van der Waals surface area contributed by atoms with Gasteiger partial charge in [0.1, 0.15) is 10.9 Å². The van der Waals surface area contributed by atoms with Crippen LogP contribution in [0.3, 0.4) is 0 Å². The maximum Gasteiger partial charge on any atom is 0.243 e. The zero-order chi connectivity index (χ0) is 12.2. The molecule has 0 aliphatic rings. The van der Waals surface area contributed by atoms with Crippen LogP contribution in [0.4, 0.5) is 0 Å². The van der Waals surface area contributed by atoms with Crippen molar-refractivity contribution in [1.29, 1.82) is 5.26 Å². The number of halogens is 1. The van der Waals surface area contributed by atoms with Gasteiger partial charge in [0.2, 0.25) is 10.0 Å². The molecule has 0 bridgehead atoms. The number of nitrogens with one attached hydrogen (secondary N) is 1. The highest BCUT2D eigenvalue weighted by Crippen LogP contribution is 2.20. The van der Waals surface area contributed by atoms with Crippen molar-refractivity contribution in [2.75, 3.05) is 0 Å². The molecular formula is C10H11ClN2O2S. The van der Waals surface area contributed by atoms with Gasteiger partial charge < -0.3 is 0 Å². The summed E-state index contributed by atoms with van der Waals surface area (Å²) in [6.07, 6.45) is 0.403. The van der Waals surface area contributed by atoms with E-state index in [9.17, 15) is 8.42 Å². The van der Waals surface area contributed by atoms with Crippen molar-refractivity contribution >= 4 is 21.6 Å². The number of hydrogen-bond donors (Lipinski definition) is 1. The van der Waals surface area contributed by atoms with Gasteiger partial charge in [-0.1, -0.05) is 30.7 Å². The van der Waals surface area contributed by atoms with Gasteiger partial charge in [-0.3, -0.25) is 0 Å². The van der Waals surface area contributed by atoms with Crippen LogP contribution >= 0.6 is 11.6 Å². The van der Waals surface area contributed by atoms with Crippen LogP contribution in [0, 0.1) is 11.3 Å². The Labute approximate surface area is 99.9 Å². The van der Waals surface area contributed by atoms with Crippen LogP contribution in [0.5, 0.6) is 0 Å². The molecule has 0 spiro atoms. The number of nitriles is 1. The highest BCUT2D eigenvalue weighted by atomic mass is 35.5. The van der Waals surface area contributed by atoms with Crippen LogP contribution in [-0.2, 0) is 10.0 Å². The molecule has 0 aliphatic carbocycles. The summed E-state index contributed by atoms with van der Waals surface area (Å²) in [5.74, 6) is 0. The molecule has 0 aliphatic heterocycles. The molecule has 16 heavy (non-hydrogen) atoms. The summed E-state index contributed by atoms with van der Waals surface area (Å²) in [6.45, 7) is 1.73. The zero-order valence-corrected chi connectivity index (χ0v) is 10.2. The Morgan fingerprint density at radius 2 is 2.12 bits per heavy atom. The standard InChI is InChI=1S/C10H11ClN2O2S/c1-2-8(7-12)13-16(14,15)10-6-4-3-5-9(10)11/h3-6,8,13H,2H2,1H3. The van der Waals surface area contributed by atoms with E-state index in [-0.39, 0.29) is 9.92 Å². The predicted molar refractivity (Wildman–Crippen MR) is 61.5 cm³/mol. The second-order valence-electron chi connectivity index (χ2n) is 3.14. The Balaban J connectivity index is 3.05. The molecular weight excluding hydrogens is 248 g/mol. The Bertz CT molecular complexity index is 508. The number of rotatable bonds is 4. The van der Waals surface area contributed by atoms with Gasteiger partial charge in [0.05, 0.1) is 11.1 Å². The second kappa shape index (κ2) is 5.30. The fourth-order valence-corrected chi connectivity index (χ4v) is 2.86. The molecule has 1 atom stereocenters. The van der Waals surface area contributed by atoms with Crippen molar-refractivity contribution in [3.05, 3.63) is 29.3 Å². The smallest absolute Gasteiger partial charge is 0.207 e. The minimum atomic E-state index is -3.72. The highest BCUT2D eigenvalue weighted by Gasteiger charge is 2.20. The van der Waals surface area contributed by atoms with E-state index in [1.807, 2.05) is 6.07 Å². The van der Waals surface area contributed by atoms with Crippen molar-refractivity contribution in [3.8, 4) is 6.07 Å². The third-order valence-electron chi connectivity index (χ3n) is 1.99. The molecule has 0 saturated carbocycles. The van der Waals surface area contributed by atoms with E-state index in [2.05, 4.69) is 4.72 Å². The monoisotopic (exact) mass is 258 g/mol. The van der Waals surface area contributed by atoms with Gasteiger partial charge in [0, 0.05) is 0 Å². The van der Waals surface area contributed by atoms with E-state index >= 15 is 0 Å². The van der Waals surface area contributed by atoms with Crippen molar-refractivity contribution in [2.45, 2.75) is 24.3 Å². The van der Waals surface area contributed by atoms with E-state index in [0.717, 1.165) is 0 Å². The van der Waals surface area contributed by atoms with Crippen LogP contribution in [0.25, 0.3) is 0 Å². The molecule has 0 aromatic heterocycles. The van der Waals surface area contributed by atoms with Gasteiger partial charge in [0.25, 0.3) is 0 Å². The first-order chi connectivity index (χ1) is 7.51. The van der Waals surface area contributed by atoms with E-state index in [4.69, 9.17) is 16.9 Å². The third kappa shape index (κ3) is 2.95. The molecule has 0 heterocycles. The van der Waals surface area contributed by atoms with E-state index in [0.29, 0.717) is 6.42 Å². The van der Waals surface area contributed by atoms with Gasteiger partial charge in [-0.2, -0.15) is 9.98 Å². The summed E-state index contributed by atoms with van der Waals surface area (Å²) >= 11 is 5.78. The summed E-state index contributed by atoms with van der Waals surface area (Å²) in [4.78, 5) is -0.00892. The molecule has 0 radical (unpaired) electrons. The summed E-state index contributed by atoms with van der Waals surface area (Å²) < 4.78 is 25.9. The highest BCUT2D eigenvalue weighted by molar-refractivity contribution is 7.89. The lowest BCUT2D eigenvalue weighted by atomic mass is 10.3. The number of sulfonamides is 1. The normalized spacial score (nSPS) is 13.1. The Morgan fingerprint density at radius 1 is 1.50 bits per heavy atom. The first-order valence-corrected chi connectivity index (χ1v) is 6.54. The number of nitrogens with zero attached hydrogens (tertiary/aromatic N) is 1. The van der Waals surface area contributed by atoms with Crippen molar-refractivity contribution < 1.29 is 8.42 Å². The van der Waals surface area contributed by atoms with Crippen LogP contribution in [0.2, 0.25) is 5.02 Å². The van der Waals surface area contributed by atoms with Crippen molar-refractivity contribution in [2.24, 2.45) is 0 Å². The molecule has 86 valence electrons. The second-order valence-corrected chi connectivity index (χ2v) is 5.23. The predicted octanol–water partition coefficient (Wildman–Crippen LogP) is 1.92. The lowest BCUT2D eigenvalue weighted by molar-refractivity contribution is 0.569. The Morgan fingerprint density at radius 3 is 2.62 bits per heavy atom. The Hall–Kier alpha value is -1.09. The Kier molecular flexibility index (Phi) is 4.30. The van der Waals surface area contributed by atoms with E-state index in [1.54, 1.807) is 19.1 Å². The third-order valence-corrected chi connectivity index (χ3v) is 3.96. The fourth-order valence-electron chi connectivity index (χ4n) is 1.11. The maximum atomic E-state index is 11.8. The summed E-state index contributed by atoms with van der Waals surface area (Å²) in [5, 5.41) is 8.84. The first-order valence-electron chi connectivity index (χ1n) is 4.67. The molecule has 1 rings (SSSR count). The van der Waals surface area contributed by atoms with Gasteiger partial charge in [-0.25, -0.2) is 8.42 Å². The minimum absolute atomic E-state index is 0.00892. The van der Waals surface area contributed by atoms with Gasteiger partial charge in [-0.05, 0) is 18.6 Å². The molecule has 0 saturated heterocycles. The maximum absolute atomic E-state index is 11.8. The molecule has 6 heteroatoms. The SMILES string of the molecule is CCC(C#N)NS(=O)(=O)c1ccccc1Cl. The van der Waals surface area contributed by atoms with Crippen molar-refractivity contribution in [3.63, 3.8) is 0 Å². The molecule has 1 aromatic carbocycles. The first kappa shape index (κ1) is 13.0. The molecule has 1 aromatic rings. The average Bonchev–Trinajstić information content (AvgIpc) is 2.26. The van der Waals surface area contributed by atoms with E-state index < -0.39 is 16.1 Å². The molecule has 4 nitrogen and oxygen atoms in total. The van der Waals surface area contributed by atoms with Crippen LogP contribution in [0.1, 0.15) is 13.3 Å². The number of hydrogen-bond acceptors (Lipinski definition) is 3. The van der Waals surface area contributed by atoms with Gasteiger partial charge in [-0.15, -0.1) is 0 Å². The average molecular weight is 259 g/mol. The molecule has 0 fully saturated rings. The van der Waals surface area contributed by atoms with Crippen LogP contribution < -0.4 is 4.72 Å². The van der Waals surface area contributed by atoms with Crippen LogP contribution in [-0.4, -0.2) is 14.5 Å². The molecule has 0 amide bonds. The minimum Gasteiger partial charge on any atom is -0.207 e. The summed E-state index contributed by atoms with van der Waals surface area (Å²) in [5.41, 5.74) is 0. The summed E-state index contributed by atoms with van der Waals surface area (Å²) in [6, 6.07) is 7.23. The zero-order valence-electron chi connectivity index (χ0n) is 8.64. The van der Waals surface area contributed by atoms with E-state index in [1.165, 1.54) is 12.1 Å². The topological polar surface area (TPSA) is 70.0 Å². The fraction of sp³-hybridized carbons (Fsp3) is 0.300. The number of benzene rings is 1. The van der Waals surface area contributed by atoms with Crippen molar-refractivity contribution in [1.82, 2.24) is 4.72 Å².